The molecule has 20 heavy (non-hydrogen) atoms. The lowest BCUT2D eigenvalue weighted by molar-refractivity contribution is 0.255. The van der Waals surface area contributed by atoms with Gasteiger partial charge in [0.15, 0.2) is 0 Å². The van der Waals surface area contributed by atoms with E-state index in [2.05, 4.69) is 15.3 Å². The van der Waals surface area contributed by atoms with Gasteiger partial charge in [0.25, 0.3) is 0 Å². The lowest BCUT2D eigenvalue weighted by Crippen LogP contribution is -2.31. The van der Waals surface area contributed by atoms with Crippen LogP contribution in [0, 0.1) is 18.8 Å². The predicted molar refractivity (Wildman–Crippen MR) is 80.9 cm³/mol. The van der Waals surface area contributed by atoms with Crippen molar-refractivity contribution in [1.82, 2.24) is 9.97 Å². The highest BCUT2D eigenvalue weighted by Crippen LogP contribution is 2.30. The van der Waals surface area contributed by atoms with Gasteiger partial charge in [-0.15, -0.1) is 0 Å². The molecule has 1 aromatic rings. The second-order valence-electron chi connectivity index (χ2n) is 5.51. The molecule has 0 saturated heterocycles. The fourth-order valence-electron chi connectivity index (χ4n) is 2.99. The van der Waals surface area contributed by atoms with Crippen LogP contribution in [0.4, 0.5) is 5.82 Å². The monoisotopic (exact) mass is 278 g/mol. The standard InChI is InChI=1S/C15H26N4O/c1-3-20-15-11(2)14(18-10-19-15)17-9-13-7-5-4-6-12(13)8-16/h10,12-13H,3-9,16H2,1-2H3,(H,17,18,19). The molecule has 1 saturated carbocycles. The van der Waals surface area contributed by atoms with E-state index < -0.39 is 0 Å². The molecule has 5 heteroatoms. The summed E-state index contributed by atoms with van der Waals surface area (Å²) >= 11 is 0. The Labute approximate surface area is 121 Å². The van der Waals surface area contributed by atoms with E-state index in [1.54, 1.807) is 6.33 Å². The number of ether oxygens (including phenoxy) is 1. The SMILES string of the molecule is CCOc1ncnc(NCC2CCCCC2CN)c1C. The van der Waals surface area contributed by atoms with Crippen molar-refractivity contribution < 1.29 is 4.74 Å². The Balaban J connectivity index is 1.97. The van der Waals surface area contributed by atoms with E-state index in [1.165, 1.54) is 25.7 Å². The third kappa shape index (κ3) is 3.60. The van der Waals surface area contributed by atoms with Crippen molar-refractivity contribution in [2.75, 3.05) is 25.0 Å². The molecule has 2 atom stereocenters. The zero-order valence-electron chi connectivity index (χ0n) is 12.6. The molecule has 2 unspecified atom stereocenters. The summed E-state index contributed by atoms with van der Waals surface area (Å²) in [5.41, 5.74) is 6.86. The summed E-state index contributed by atoms with van der Waals surface area (Å²) in [6.07, 6.45) is 6.71. The van der Waals surface area contributed by atoms with E-state index >= 15 is 0 Å². The van der Waals surface area contributed by atoms with Crippen LogP contribution in [0.3, 0.4) is 0 Å². The molecule has 2 rings (SSSR count). The van der Waals surface area contributed by atoms with Gasteiger partial charge in [-0.2, -0.15) is 0 Å². The third-order valence-corrected chi connectivity index (χ3v) is 4.22. The second-order valence-corrected chi connectivity index (χ2v) is 5.51. The number of nitrogens with one attached hydrogen (secondary N) is 1. The molecule has 1 fully saturated rings. The van der Waals surface area contributed by atoms with Gasteiger partial charge in [-0.25, -0.2) is 9.97 Å². The highest BCUT2D eigenvalue weighted by Gasteiger charge is 2.24. The summed E-state index contributed by atoms with van der Waals surface area (Å²) in [6, 6.07) is 0. The number of hydrogen-bond donors (Lipinski definition) is 2. The molecule has 1 aromatic heterocycles. The van der Waals surface area contributed by atoms with Crippen LogP contribution in [0.25, 0.3) is 0 Å². The second kappa shape index (κ2) is 7.43. The lowest BCUT2D eigenvalue weighted by Gasteiger charge is -2.31. The molecule has 1 aliphatic carbocycles. The maximum absolute atomic E-state index is 5.88. The Hall–Kier alpha value is -1.36. The van der Waals surface area contributed by atoms with Crippen LogP contribution in [0.5, 0.6) is 5.88 Å². The molecular weight excluding hydrogens is 252 g/mol. The molecule has 0 aromatic carbocycles. The molecule has 0 aliphatic heterocycles. The summed E-state index contributed by atoms with van der Waals surface area (Å²) in [6.45, 7) is 6.30. The van der Waals surface area contributed by atoms with Crippen LogP contribution in [-0.2, 0) is 0 Å². The van der Waals surface area contributed by atoms with Crippen LogP contribution in [-0.4, -0.2) is 29.7 Å². The predicted octanol–water partition coefficient (Wildman–Crippen LogP) is 2.36. The highest BCUT2D eigenvalue weighted by molar-refractivity contribution is 5.47. The minimum atomic E-state index is 0.620. The van der Waals surface area contributed by atoms with Gasteiger partial charge < -0.3 is 15.8 Å². The van der Waals surface area contributed by atoms with Gasteiger partial charge in [0, 0.05) is 6.54 Å². The fourth-order valence-corrected chi connectivity index (χ4v) is 2.99. The fraction of sp³-hybridized carbons (Fsp3) is 0.733. The van der Waals surface area contributed by atoms with E-state index in [-0.39, 0.29) is 0 Å². The Bertz CT molecular complexity index is 424. The van der Waals surface area contributed by atoms with Gasteiger partial charge in [0.2, 0.25) is 5.88 Å². The van der Waals surface area contributed by atoms with Crippen molar-refractivity contribution in [3.8, 4) is 5.88 Å². The van der Waals surface area contributed by atoms with Crippen molar-refractivity contribution in [2.45, 2.75) is 39.5 Å². The molecular formula is C15H26N4O. The number of aromatic nitrogens is 2. The summed E-state index contributed by atoms with van der Waals surface area (Å²) in [5, 5.41) is 3.46. The van der Waals surface area contributed by atoms with E-state index in [0.717, 1.165) is 24.5 Å². The first kappa shape index (κ1) is 15.0. The van der Waals surface area contributed by atoms with Gasteiger partial charge in [0.1, 0.15) is 12.1 Å². The number of nitrogens with two attached hydrogens (primary N) is 1. The van der Waals surface area contributed by atoms with Gasteiger partial charge in [-0.1, -0.05) is 12.8 Å². The van der Waals surface area contributed by atoms with Crippen LogP contribution >= 0.6 is 0 Å². The first-order chi connectivity index (χ1) is 9.76. The Morgan fingerprint density at radius 1 is 1.30 bits per heavy atom. The largest absolute Gasteiger partial charge is 0.478 e. The molecule has 1 heterocycles. The summed E-state index contributed by atoms with van der Waals surface area (Å²) in [4.78, 5) is 8.48. The Morgan fingerprint density at radius 2 is 2.05 bits per heavy atom. The maximum Gasteiger partial charge on any atom is 0.221 e. The van der Waals surface area contributed by atoms with Crippen molar-refractivity contribution in [2.24, 2.45) is 17.6 Å². The number of rotatable bonds is 6. The van der Waals surface area contributed by atoms with E-state index in [4.69, 9.17) is 10.5 Å². The molecule has 0 spiro atoms. The normalized spacial score (nSPS) is 22.6. The van der Waals surface area contributed by atoms with Gasteiger partial charge >= 0.3 is 0 Å². The van der Waals surface area contributed by atoms with Crippen LogP contribution in [0.15, 0.2) is 6.33 Å². The summed E-state index contributed by atoms with van der Waals surface area (Å²) in [5.74, 6) is 2.84. The molecule has 3 N–H and O–H groups in total. The quantitative estimate of drug-likeness (QED) is 0.835. The lowest BCUT2D eigenvalue weighted by atomic mass is 9.79. The van der Waals surface area contributed by atoms with E-state index in [9.17, 15) is 0 Å². The average molecular weight is 278 g/mol. The van der Waals surface area contributed by atoms with Crippen LogP contribution < -0.4 is 15.8 Å². The molecule has 1 aliphatic rings. The minimum Gasteiger partial charge on any atom is -0.478 e. The number of anilines is 1. The van der Waals surface area contributed by atoms with Gasteiger partial charge in [-0.3, -0.25) is 0 Å². The minimum absolute atomic E-state index is 0.620. The number of hydrogen-bond acceptors (Lipinski definition) is 5. The Morgan fingerprint density at radius 3 is 2.75 bits per heavy atom. The third-order valence-electron chi connectivity index (χ3n) is 4.22. The zero-order valence-corrected chi connectivity index (χ0v) is 12.6. The zero-order chi connectivity index (χ0) is 14.4. The average Bonchev–Trinajstić information content (AvgIpc) is 2.48. The highest BCUT2D eigenvalue weighted by atomic mass is 16.5. The first-order valence-electron chi connectivity index (χ1n) is 7.64. The maximum atomic E-state index is 5.88. The van der Waals surface area contributed by atoms with Crippen molar-refractivity contribution in [1.29, 1.82) is 0 Å². The number of nitrogens with zero attached hydrogens (tertiary/aromatic N) is 2. The molecule has 0 radical (unpaired) electrons. The summed E-state index contributed by atoms with van der Waals surface area (Å²) < 4.78 is 5.50. The van der Waals surface area contributed by atoms with Gasteiger partial charge in [-0.05, 0) is 45.1 Å². The molecule has 0 amide bonds. The van der Waals surface area contributed by atoms with Gasteiger partial charge in [0.05, 0.1) is 12.2 Å². The van der Waals surface area contributed by atoms with Crippen molar-refractivity contribution in [3.05, 3.63) is 11.9 Å². The van der Waals surface area contributed by atoms with Crippen LogP contribution in [0.2, 0.25) is 0 Å². The van der Waals surface area contributed by atoms with Crippen molar-refractivity contribution in [3.63, 3.8) is 0 Å². The topological polar surface area (TPSA) is 73.1 Å². The van der Waals surface area contributed by atoms with E-state index in [1.807, 2.05) is 13.8 Å². The Kier molecular flexibility index (Phi) is 5.59. The molecule has 0 bridgehead atoms. The first-order valence-corrected chi connectivity index (χ1v) is 7.64. The van der Waals surface area contributed by atoms with E-state index in [0.29, 0.717) is 24.3 Å². The molecule has 112 valence electrons. The molecule has 5 nitrogen and oxygen atoms in total. The smallest absolute Gasteiger partial charge is 0.221 e. The summed E-state index contributed by atoms with van der Waals surface area (Å²) in [7, 11) is 0. The van der Waals surface area contributed by atoms with Crippen molar-refractivity contribution >= 4 is 5.82 Å². The van der Waals surface area contributed by atoms with Crippen LogP contribution in [0.1, 0.15) is 38.2 Å².